The predicted molar refractivity (Wildman–Crippen MR) is 62.8 cm³/mol. The van der Waals surface area contributed by atoms with Crippen LogP contribution >= 0.6 is 0 Å². The van der Waals surface area contributed by atoms with Crippen LogP contribution in [0.4, 0.5) is 0 Å². The lowest BCUT2D eigenvalue weighted by Gasteiger charge is -2.05. The zero-order chi connectivity index (χ0) is 11.5. The number of rotatable bonds is 10. The first-order valence-corrected chi connectivity index (χ1v) is 6.17. The normalized spacial score (nSPS) is 12.7. The molecule has 0 rings (SSSR count). The quantitative estimate of drug-likeness (QED) is 0.551. The second-order valence-electron chi connectivity index (χ2n) is 4.21. The average Bonchev–Trinajstić information content (AvgIpc) is 2.21. The molecule has 90 valence electrons. The molecule has 0 saturated carbocycles. The minimum Gasteiger partial charge on any atom is -0.480 e. The molecule has 0 heterocycles. The number of unbranched alkanes of at least 4 members (excludes halogenated alkanes) is 7. The van der Waals surface area contributed by atoms with Gasteiger partial charge < -0.3 is 10.8 Å². The second-order valence-corrected chi connectivity index (χ2v) is 4.21. The van der Waals surface area contributed by atoms with E-state index in [2.05, 4.69) is 6.92 Å². The van der Waals surface area contributed by atoms with E-state index >= 15 is 0 Å². The maximum atomic E-state index is 10.4. The number of aliphatic carboxylic acids is 1. The molecule has 0 radical (unpaired) electrons. The summed E-state index contributed by atoms with van der Waals surface area (Å²) < 4.78 is 0. The summed E-state index contributed by atoms with van der Waals surface area (Å²) in [5.74, 6) is -0.877. The highest BCUT2D eigenvalue weighted by Crippen LogP contribution is 2.10. The molecule has 0 fully saturated rings. The molecule has 0 aliphatic carbocycles. The maximum Gasteiger partial charge on any atom is 0.320 e. The van der Waals surface area contributed by atoms with Gasteiger partial charge in [-0.1, -0.05) is 58.3 Å². The highest BCUT2D eigenvalue weighted by Gasteiger charge is 2.09. The molecule has 0 amide bonds. The monoisotopic (exact) mass is 215 g/mol. The van der Waals surface area contributed by atoms with Gasteiger partial charge in [0.25, 0.3) is 0 Å². The standard InChI is InChI=1S/C12H25NO2/c1-2-3-4-5-6-7-8-9-10-11(13)12(14)15/h11H,2-10,13H2,1H3,(H,14,15)/t11-/m1/s1. The molecular weight excluding hydrogens is 190 g/mol. The summed E-state index contributed by atoms with van der Waals surface area (Å²) >= 11 is 0. The minimum atomic E-state index is -0.877. The first kappa shape index (κ1) is 14.4. The van der Waals surface area contributed by atoms with E-state index in [-0.39, 0.29) is 0 Å². The van der Waals surface area contributed by atoms with Gasteiger partial charge in [-0.3, -0.25) is 4.79 Å². The molecule has 0 aromatic heterocycles. The van der Waals surface area contributed by atoms with Crippen LogP contribution < -0.4 is 5.73 Å². The third-order valence-corrected chi connectivity index (χ3v) is 2.69. The van der Waals surface area contributed by atoms with Gasteiger partial charge >= 0.3 is 5.97 Å². The fraction of sp³-hybridized carbons (Fsp3) is 0.917. The van der Waals surface area contributed by atoms with Gasteiger partial charge in [0.05, 0.1) is 0 Å². The Morgan fingerprint density at radius 3 is 2.00 bits per heavy atom. The molecule has 0 unspecified atom stereocenters. The molecule has 0 aliphatic heterocycles. The molecule has 0 bridgehead atoms. The van der Waals surface area contributed by atoms with Crippen LogP contribution in [0.3, 0.4) is 0 Å². The van der Waals surface area contributed by atoms with Gasteiger partial charge in [-0.2, -0.15) is 0 Å². The lowest BCUT2D eigenvalue weighted by Crippen LogP contribution is -2.29. The minimum absolute atomic E-state index is 0.615. The van der Waals surface area contributed by atoms with Gasteiger partial charge in [0.15, 0.2) is 0 Å². The van der Waals surface area contributed by atoms with Crippen molar-refractivity contribution < 1.29 is 9.90 Å². The number of hydrogen-bond donors (Lipinski definition) is 2. The lowest BCUT2D eigenvalue weighted by molar-refractivity contribution is -0.138. The Hall–Kier alpha value is -0.570. The smallest absolute Gasteiger partial charge is 0.320 e. The third-order valence-electron chi connectivity index (χ3n) is 2.69. The van der Waals surface area contributed by atoms with Crippen LogP contribution in [-0.4, -0.2) is 17.1 Å². The van der Waals surface area contributed by atoms with Crippen LogP contribution in [-0.2, 0) is 4.79 Å². The summed E-state index contributed by atoms with van der Waals surface area (Å²) in [5, 5.41) is 8.56. The molecule has 0 aliphatic rings. The SMILES string of the molecule is CCCCCCCCCC[C@@H](N)C(=O)O. The first-order chi connectivity index (χ1) is 7.18. The van der Waals surface area contributed by atoms with E-state index in [4.69, 9.17) is 10.8 Å². The molecular formula is C12H25NO2. The van der Waals surface area contributed by atoms with Crippen molar-refractivity contribution in [2.45, 2.75) is 70.8 Å². The Morgan fingerprint density at radius 2 is 1.53 bits per heavy atom. The molecule has 0 aromatic rings. The summed E-state index contributed by atoms with van der Waals surface area (Å²) in [6.07, 6.45) is 10.5. The Bertz CT molecular complexity index is 160. The Labute approximate surface area is 93.0 Å². The van der Waals surface area contributed by atoms with Crippen molar-refractivity contribution >= 4 is 5.97 Å². The van der Waals surface area contributed by atoms with Crippen molar-refractivity contribution in [2.75, 3.05) is 0 Å². The van der Waals surface area contributed by atoms with Gasteiger partial charge in [0.1, 0.15) is 6.04 Å². The van der Waals surface area contributed by atoms with Crippen molar-refractivity contribution in [3.05, 3.63) is 0 Å². The molecule has 1 atom stereocenters. The molecule has 0 saturated heterocycles. The number of hydrogen-bond acceptors (Lipinski definition) is 2. The van der Waals surface area contributed by atoms with Gasteiger partial charge in [-0.05, 0) is 6.42 Å². The van der Waals surface area contributed by atoms with Crippen LogP contribution in [0.1, 0.15) is 64.7 Å². The molecule has 3 nitrogen and oxygen atoms in total. The van der Waals surface area contributed by atoms with Gasteiger partial charge in [0.2, 0.25) is 0 Å². The topological polar surface area (TPSA) is 63.3 Å². The second kappa shape index (κ2) is 9.97. The predicted octanol–water partition coefficient (Wildman–Crippen LogP) is 2.93. The zero-order valence-electron chi connectivity index (χ0n) is 9.87. The van der Waals surface area contributed by atoms with Crippen LogP contribution in [0.15, 0.2) is 0 Å². The highest BCUT2D eigenvalue weighted by atomic mass is 16.4. The van der Waals surface area contributed by atoms with Crippen LogP contribution in [0.5, 0.6) is 0 Å². The summed E-state index contributed by atoms with van der Waals surface area (Å²) in [5.41, 5.74) is 5.40. The van der Waals surface area contributed by atoms with Crippen molar-refractivity contribution in [1.29, 1.82) is 0 Å². The van der Waals surface area contributed by atoms with Crippen LogP contribution in [0.2, 0.25) is 0 Å². The molecule has 3 N–H and O–H groups in total. The highest BCUT2D eigenvalue weighted by molar-refractivity contribution is 5.72. The van der Waals surface area contributed by atoms with E-state index in [9.17, 15) is 4.79 Å². The number of carboxylic acids is 1. The van der Waals surface area contributed by atoms with E-state index < -0.39 is 12.0 Å². The largest absolute Gasteiger partial charge is 0.480 e. The molecule has 0 aromatic carbocycles. The molecule has 3 heteroatoms. The third kappa shape index (κ3) is 9.73. The van der Waals surface area contributed by atoms with Gasteiger partial charge in [-0.25, -0.2) is 0 Å². The molecule has 15 heavy (non-hydrogen) atoms. The molecule has 0 spiro atoms. The number of carboxylic acid groups (broad SMARTS) is 1. The lowest BCUT2D eigenvalue weighted by atomic mass is 10.1. The summed E-state index contributed by atoms with van der Waals surface area (Å²) in [7, 11) is 0. The Morgan fingerprint density at radius 1 is 1.07 bits per heavy atom. The van der Waals surface area contributed by atoms with Crippen molar-refractivity contribution in [1.82, 2.24) is 0 Å². The fourth-order valence-electron chi connectivity index (χ4n) is 1.62. The maximum absolute atomic E-state index is 10.4. The van der Waals surface area contributed by atoms with E-state index in [0.717, 1.165) is 12.8 Å². The number of carbonyl (C=O) groups is 1. The zero-order valence-corrected chi connectivity index (χ0v) is 9.87. The van der Waals surface area contributed by atoms with E-state index in [1.54, 1.807) is 0 Å². The Kier molecular flexibility index (Phi) is 9.59. The van der Waals surface area contributed by atoms with Gasteiger partial charge in [-0.15, -0.1) is 0 Å². The van der Waals surface area contributed by atoms with Crippen molar-refractivity contribution in [3.63, 3.8) is 0 Å². The van der Waals surface area contributed by atoms with Crippen molar-refractivity contribution in [3.8, 4) is 0 Å². The average molecular weight is 215 g/mol. The van der Waals surface area contributed by atoms with Gasteiger partial charge in [0, 0.05) is 0 Å². The van der Waals surface area contributed by atoms with E-state index in [1.165, 1.54) is 38.5 Å². The van der Waals surface area contributed by atoms with Crippen LogP contribution in [0, 0.1) is 0 Å². The number of nitrogens with two attached hydrogens (primary N) is 1. The van der Waals surface area contributed by atoms with E-state index in [1.807, 2.05) is 0 Å². The van der Waals surface area contributed by atoms with Crippen molar-refractivity contribution in [2.24, 2.45) is 5.73 Å². The summed E-state index contributed by atoms with van der Waals surface area (Å²) in [4.78, 5) is 10.4. The summed E-state index contributed by atoms with van der Waals surface area (Å²) in [6, 6.07) is -0.662. The first-order valence-electron chi connectivity index (χ1n) is 6.17. The fourth-order valence-corrected chi connectivity index (χ4v) is 1.62. The Balaban J connectivity index is 3.08. The summed E-state index contributed by atoms with van der Waals surface area (Å²) in [6.45, 7) is 2.22. The van der Waals surface area contributed by atoms with E-state index in [0.29, 0.717) is 6.42 Å². The van der Waals surface area contributed by atoms with Crippen LogP contribution in [0.25, 0.3) is 0 Å².